The number of nitrogens with one attached hydrogen (secondary N) is 3. The number of thiazole rings is 1. The average molecular weight is 775 g/mol. The first-order chi connectivity index (χ1) is 26.1. The van der Waals surface area contributed by atoms with E-state index in [9.17, 15) is 19.2 Å². The number of carbonyl (C=O) groups is 4. The highest BCUT2D eigenvalue weighted by Crippen LogP contribution is 2.32. The van der Waals surface area contributed by atoms with Crippen LogP contribution in [-0.2, 0) is 19.1 Å². The molecule has 55 heavy (non-hydrogen) atoms. The average Bonchev–Trinajstić information content (AvgIpc) is 3.54. The summed E-state index contributed by atoms with van der Waals surface area (Å²) in [6.07, 6.45) is 9.31. The molecule has 0 radical (unpaired) electrons. The van der Waals surface area contributed by atoms with Crippen molar-refractivity contribution >= 4 is 62.1 Å². The van der Waals surface area contributed by atoms with Gasteiger partial charge >= 0.3 is 6.09 Å². The molecule has 16 nitrogen and oxygen atoms in total. The minimum Gasteiger partial charge on any atom is -0.481 e. The van der Waals surface area contributed by atoms with Gasteiger partial charge in [0.2, 0.25) is 17.8 Å². The number of rotatable bonds is 15. The molecule has 0 saturated heterocycles. The minimum atomic E-state index is -0.839. The second kappa shape index (κ2) is 18.3. The Hall–Kier alpha value is -5.42. The van der Waals surface area contributed by atoms with Crippen molar-refractivity contribution in [3.63, 3.8) is 0 Å². The van der Waals surface area contributed by atoms with Crippen LogP contribution in [0.5, 0.6) is 5.75 Å². The third kappa shape index (κ3) is 11.8. The molecule has 0 spiro atoms. The quantitative estimate of drug-likeness (QED) is 0.129. The maximum atomic E-state index is 12.9. The summed E-state index contributed by atoms with van der Waals surface area (Å²) in [6.45, 7) is 8.15. The van der Waals surface area contributed by atoms with Gasteiger partial charge in [0.25, 0.3) is 5.91 Å². The van der Waals surface area contributed by atoms with Crippen molar-refractivity contribution in [2.45, 2.75) is 71.9 Å². The van der Waals surface area contributed by atoms with E-state index in [1.54, 1.807) is 27.0 Å². The molecule has 0 unspecified atom stereocenters. The van der Waals surface area contributed by atoms with E-state index in [-0.39, 0.29) is 25.2 Å². The Morgan fingerprint density at radius 3 is 2.36 bits per heavy atom. The van der Waals surface area contributed by atoms with E-state index in [4.69, 9.17) is 15.2 Å². The molecular weight excluding hydrogens is 725 g/mol. The maximum Gasteiger partial charge on any atom is 0.411 e. The van der Waals surface area contributed by atoms with Crippen LogP contribution in [0.15, 0.2) is 42.9 Å². The summed E-state index contributed by atoms with van der Waals surface area (Å²) in [4.78, 5) is 71.0. The molecule has 1 aromatic carbocycles. The summed E-state index contributed by atoms with van der Waals surface area (Å²) < 4.78 is 12.0. The van der Waals surface area contributed by atoms with Crippen LogP contribution in [0.1, 0.15) is 58.6 Å². The van der Waals surface area contributed by atoms with Crippen molar-refractivity contribution < 1.29 is 28.7 Å². The molecule has 3 heterocycles. The SMILES string of the molecule is Cc1ncc(-c2ccc3nc(NC(=O)CN(C)CCN(C)c4ncc(OCC(=O)N[C@H](C(N)=O)C(C)(C)C)cn4)sc3c2)cc1NC(=O)OC1CCCCC1. The van der Waals surface area contributed by atoms with Gasteiger partial charge in [-0.25, -0.2) is 19.7 Å². The number of aromatic nitrogens is 4. The zero-order chi connectivity index (χ0) is 39.7. The molecule has 1 fully saturated rings. The van der Waals surface area contributed by atoms with Gasteiger partial charge in [-0.3, -0.25) is 29.6 Å². The van der Waals surface area contributed by atoms with Gasteiger partial charge < -0.3 is 30.7 Å². The molecule has 4 amide bonds. The number of aryl methyl sites for hydroxylation is 1. The fraction of sp³-hybridized carbons (Fsp3) is 0.474. The molecule has 3 aromatic heterocycles. The van der Waals surface area contributed by atoms with E-state index in [0.717, 1.165) is 47.0 Å². The first kappa shape index (κ1) is 40.8. The Labute approximate surface area is 324 Å². The number of amides is 4. The molecular formula is C38H50N10O6S. The Kier molecular flexibility index (Phi) is 13.5. The van der Waals surface area contributed by atoms with Crippen LogP contribution in [-0.4, -0.2) is 101 Å². The lowest BCUT2D eigenvalue weighted by atomic mass is 9.86. The second-order valence-electron chi connectivity index (χ2n) is 14.8. The number of likely N-dealkylation sites (N-methyl/N-ethyl adjacent to an activating group) is 2. The van der Waals surface area contributed by atoms with Crippen molar-refractivity contribution in [2.75, 3.05) is 55.9 Å². The van der Waals surface area contributed by atoms with Crippen LogP contribution in [0.4, 0.5) is 21.6 Å². The highest BCUT2D eigenvalue weighted by molar-refractivity contribution is 7.22. The Morgan fingerprint density at radius 1 is 0.945 bits per heavy atom. The lowest BCUT2D eigenvalue weighted by molar-refractivity contribution is -0.130. The number of fused-ring (bicyclic) bond motifs is 1. The summed E-state index contributed by atoms with van der Waals surface area (Å²) >= 11 is 1.38. The first-order valence-electron chi connectivity index (χ1n) is 18.2. The van der Waals surface area contributed by atoms with E-state index in [0.29, 0.717) is 41.3 Å². The van der Waals surface area contributed by atoms with E-state index >= 15 is 0 Å². The summed E-state index contributed by atoms with van der Waals surface area (Å²) in [7, 11) is 3.68. The van der Waals surface area contributed by atoms with Gasteiger partial charge in [0, 0.05) is 31.9 Å². The lowest BCUT2D eigenvalue weighted by Crippen LogP contribution is -2.53. The number of hydrogen-bond donors (Lipinski definition) is 4. The monoisotopic (exact) mass is 774 g/mol. The van der Waals surface area contributed by atoms with Crippen molar-refractivity contribution in [3.8, 4) is 16.9 Å². The predicted molar refractivity (Wildman–Crippen MR) is 212 cm³/mol. The van der Waals surface area contributed by atoms with Crippen molar-refractivity contribution in [2.24, 2.45) is 11.1 Å². The smallest absolute Gasteiger partial charge is 0.411 e. The topological polar surface area (TPSA) is 207 Å². The number of benzene rings is 1. The van der Waals surface area contributed by atoms with Crippen LogP contribution in [0.3, 0.4) is 0 Å². The van der Waals surface area contributed by atoms with Gasteiger partial charge in [-0.1, -0.05) is 44.6 Å². The fourth-order valence-corrected chi connectivity index (χ4v) is 6.92. The number of carbonyl (C=O) groups excluding carboxylic acids is 4. The standard InChI is InChI=1S/C38H50N10O6S/c1-23-29(44-37(52)54-26-10-8-7-9-11-26)16-25(18-40-23)24-12-13-28-30(17-24)55-36(43-28)46-31(49)21-47(5)14-15-48(6)35-41-19-27(20-42-35)53-22-32(50)45-33(34(39)51)38(2,3)4/h12-13,16-20,26,33H,7-11,14-15,21-22H2,1-6H3,(H2,39,51)(H,44,52)(H,45,50)(H,43,46,49)/t33-/m1/s1. The highest BCUT2D eigenvalue weighted by Gasteiger charge is 2.31. The Morgan fingerprint density at radius 2 is 1.67 bits per heavy atom. The fourth-order valence-electron chi connectivity index (χ4n) is 6.00. The third-order valence-corrected chi connectivity index (χ3v) is 10.1. The normalized spacial score (nSPS) is 13.9. The number of primary amides is 1. The minimum absolute atomic E-state index is 0.0431. The molecule has 0 bridgehead atoms. The van der Waals surface area contributed by atoms with Crippen molar-refractivity contribution in [1.29, 1.82) is 0 Å². The van der Waals surface area contributed by atoms with E-state index < -0.39 is 29.4 Å². The van der Waals surface area contributed by atoms with Gasteiger partial charge in [0.1, 0.15) is 12.1 Å². The molecule has 1 aliphatic carbocycles. The first-order valence-corrected chi connectivity index (χ1v) is 19.0. The number of nitrogens with zero attached hydrogens (tertiary/aromatic N) is 6. The van der Waals surface area contributed by atoms with Gasteiger partial charge in [-0.05, 0) is 68.8 Å². The zero-order valence-electron chi connectivity index (χ0n) is 32.2. The number of nitrogens with two attached hydrogens (primary N) is 1. The number of hydrogen-bond acceptors (Lipinski definition) is 13. The molecule has 294 valence electrons. The second-order valence-corrected chi connectivity index (χ2v) is 15.9. The number of ether oxygens (including phenoxy) is 2. The van der Waals surface area contributed by atoms with Crippen molar-refractivity contribution in [1.82, 2.24) is 30.2 Å². The van der Waals surface area contributed by atoms with Crippen LogP contribution in [0.2, 0.25) is 0 Å². The van der Waals surface area contributed by atoms with Gasteiger partial charge in [0.15, 0.2) is 17.5 Å². The molecule has 1 aliphatic rings. The molecule has 17 heteroatoms. The Bertz CT molecular complexity index is 1980. The number of anilines is 3. The third-order valence-electron chi connectivity index (χ3n) is 9.13. The Balaban J connectivity index is 1.07. The molecule has 1 saturated carbocycles. The maximum absolute atomic E-state index is 12.9. The van der Waals surface area contributed by atoms with Crippen LogP contribution in [0, 0.1) is 12.3 Å². The molecule has 0 aliphatic heterocycles. The van der Waals surface area contributed by atoms with Gasteiger partial charge in [-0.15, -0.1) is 0 Å². The van der Waals surface area contributed by atoms with E-state index in [1.165, 1.54) is 30.2 Å². The largest absolute Gasteiger partial charge is 0.481 e. The summed E-state index contributed by atoms with van der Waals surface area (Å²) in [5.74, 6) is -0.576. The van der Waals surface area contributed by atoms with Crippen LogP contribution >= 0.6 is 11.3 Å². The van der Waals surface area contributed by atoms with Crippen LogP contribution < -0.4 is 31.3 Å². The van der Waals surface area contributed by atoms with E-state index in [1.807, 2.05) is 55.1 Å². The molecule has 5 rings (SSSR count). The van der Waals surface area contributed by atoms with Crippen molar-refractivity contribution in [3.05, 3.63) is 48.5 Å². The summed E-state index contributed by atoms with van der Waals surface area (Å²) in [5, 5.41) is 8.87. The van der Waals surface area contributed by atoms with Gasteiger partial charge in [0.05, 0.1) is 40.5 Å². The predicted octanol–water partition coefficient (Wildman–Crippen LogP) is 4.74. The van der Waals surface area contributed by atoms with Crippen LogP contribution in [0.25, 0.3) is 21.3 Å². The number of pyridine rings is 1. The van der Waals surface area contributed by atoms with E-state index in [2.05, 4.69) is 35.9 Å². The summed E-state index contributed by atoms with van der Waals surface area (Å²) in [6, 6.07) is 6.88. The lowest BCUT2D eigenvalue weighted by Gasteiger charge is -2.28. The van der Waals surface area contributed by atoms with Gasteiger partial charge in [-0.2, -0.15) is 0 Å². The molecule has 1 atom stereocenters. The zero-order valence-corrected chi connectivity index (χ0v) is 33.0. The molecule has 5 N–H and O–H groups in total. The highest BCUT2D eigenvalue weighted by atomic mass is 32.1. The molecule has 4 aromatic rings. The summed E-state index contributed by atoms with van der Waals surface area (Å²) in [5.41, 5.74) is 8.66.